The van der Waals surface area contributed by atoms with Crippen molar-refractivity contribution in [1.82, 2.24) is 15.5 Å². The molecule has 1 unspecified atom stereocenters. The van der Waals surface area contributed by atoms with Crippen molar-refractivity contribution in [3.05, 3.63) is 29.3 Å². The monoisotopic (exact) mass is 370 g/mol. The van der Waals surface area contributed by atoms with E-state index in [0.29, 0.717) is 17.2 Å². The van der Waals surface area contributed by atoms with Gasteiger partial charge in [0.15, 0.2) is 0 Å². The number of carbonyl (C=O) groups excluding carboxylic acids is 4. The van der Waals surface area contributed by atoms with E-state index in [1.54, 1.807) is 12.1 Å². The van der Waals surface area contributed by atoms with Crippen molar-refractivity contribution in [2.45, 2.75) is 38.3 Å². The third-order valence-corrected chi connectivity index (χ3v) is 5.35. The first-order valence-electron chi connectivity index (χ1n) is 9.33. The molecule has 3 aliphatic rings. The smallest absolute Gasteiger partial charge is 0.262 e. The fourth-order valence-corrected chi connectivity index (χ4v) is 3.82. The molecule has 1 aromatic carbocycles. The van der Waals surface area contributed by atoms with Crippen molar-refractivity contribution in [2.24, 2.45) is 0 Å². The molecule has 2 fully saturated rings. The Bertz CT molecular complexity index is 831. The zero-order valence-corrected chi connectivity index (χ0v) is 15.2. The summed E-state index contributed by atoms with van der Waals surface area (Å²) >= 11 is 0. The summed E-state index contributed by atoms with van der Waals surface area (Å²) in [6.45, 7) is 4.83. The summed E-state index contributed by atoms with van der Waals surface area (Å²) in [6.07, 6.45) is 1.37. The highest BCUT2D eigenvalue weighted by atomic mass is 16.2. The Morgan fingerprint density at radius 3 is 2.56 bits per heavy atom. The van der Waals surface area contributed by atoms with E-state index >= 15 is 0 Å². The molecule has 0 radical (unpaired) electrons. The molecule has 0 saturated carbocycles. The molecule has 1 atom stereocenters. The molecule has 142 valence electrons. The van der Waals surface area contributed by atoms with Crippen LogP contribution < -0.4 is 15.5 Å². The fourth-order valence-electron chi connectivity index (χ4n) is 3.82. The minimum atomic E-state index is -0.926. The van der Waals surface area contributed by atoms with Crippen LogP contribution in [-0.2, 0) is 9.59 Å². The molecular weight excluding hydrogens is 348 g/mol. The second kappa shape index (κ2) is 6.77. The average Bonchev–Trinajstić information content (AvgIpc) is 2.85. The number of carbonyl (C=O) groups is 4. The van der Waals surface area contributed by atoms with Gasteiger partial charge in [0.2, 0.25) is 11.8 Å². The molecular formula is C19H22N4O4. The molecule has 4 amide bonds. The lowest BCUT2D eigenvalue weighted by molar-refractivity contribution is -0.136. The van der Waals surface area contributed by atoms with Gasteiger partial charge in [-0.1, -0.05) is 6.92 Å². The number of benzene rings is 1. The van der Waals surface area contributed by atoms with E-state index in [1.807, 2.05) is 6.07 Å². The van der Waals surface area contributed by atoms with Crippen LogP contribution in [0.5, 0.6) is 0 Å². The maximum Gasteiger partial charge on any atom is 0.262 e. The second-order valence-electron chi connectivity index (χ2n) is 7.23. The zero-order valence-electron chi connectivity index (χ0n) is 15.2. The fraction of sp³-hybridized carbons (Fsp3) is 0.474. The summed E-state index contributed by atoms with van der Waals surface area (Å²) in [4.78, 5) is 52.1. The summed E-state index contributed by atoms with van der Waals surface area (Å²) in [5, 5.41) is 5.66. The number of hydrogen-bond donors (Lipinski definition) is 2. The van der Waals surface area contributed by atoms with Crippen LogP contribution in [0.4, 0.5) is 5.69 Å². The second-order valence-corrected chi connectivity index (χ2v) is 7.23. The molecule has 2 N–H and O–H groups in total. The molecule has 0 aromatic heterocycles. The Balaban J connectivity index is 1.51. The Labute approximate surface area is 156 Å². The van der Waals surface area contributed by atoms with Gasteiger partial charge in [0.05, 0.1) is 11.1 Å². The van der Waals surface area contributed by atoms with E-state index in [-0.39, 0.29) is 18.7 Å². The van der Waals surface area contributed by atoms with Crippen molar-refractivity contribution in [3.63, 3.8) is 0 Å². The van der Waals surface area contributed by atoms with Crippen LogP contribution in [0.3, 0.4) is 0 Å². The molecule has 1 aromatic rings. The molecule has 8 nitrogen and oxygen atoms in total. The lowest BCUT2D eigenvalue weighted by Crippen LogP contribution is -2.58. The maximum absolute atomic E-state index is 12.8. The van der Waals surface area contributed by atoms with E-state index in [4.69, 9.17) is 0 Å². The number of imide groups is 2. The average molecular weight is 370 g/mol. The molecule has 8 heteroatoms. The Hall–Kier alpha value is -2.74. The highest BCUT2D eigenvalue weighted by molar-refractivity contribution is 6.23. The first kappa shape index (κ1) is 17.7. The normalized spacial score (nSPS) is 22.8. The van der Waals surface area contributed by atoms with Gasteiger partial charge in [0, 0.05) is 31.2 Å². The molecule has 0 aliphatic carbocycles. The number of amides is 4. The highest BCUT2D eigenvalue weighted by Gasteiger charge is 2.45. The number of nitrogens with zero attached hydrogens (tertiary/aromatic N) is 2. The van der Waals surface area contributed by atoms with Gasteiger partial charge in [-0.3, -0.25) is 29.4 Å². The van der Waals surface area contributed by atoms with Crippen LogP contribution >= 0.6 is 0 Å². The van der Waals surface area contributed by atoms with Gasteiger partial charge in [-0.2, -0.15) is 0 Å². The number of piperidine rings is 1. The number of fused-ring (bicyclic) bond motifs is 1. The van der Waals surface area contributed by atoms with Gasteiger partial charge in [-0.25, -0.2) is 0 Å². The van der Waals surface area contributed by atoms with Crippen LogP contribution in [0.2, 0.25) is 0 Å². The van der Waals surface area contributed by atoms with Crippen LogP contribution in [0, 0.1) is 0 Å². The largest absolute Gasteiger partial charge is 0.368 e. The number of rotatable bonds is 5. The summed E-state index contributed by atoms with van der Waals surface area (Å²) in [5.41, 5.74) is 1.54. The van der Waals surface area contributed by atoms with Gasteiger partial charge in [0.1, 0.15) is 6.04 Å². The lowest BCUT2D eigenvalue weighted by atomic mass is 10.0. The molecule has 4 rings (SSSR count). The molecule has 27 heavy (non-hydrogen) atoms. The first-order chi connectivity index (χ1) is 13.0. The topological polar surface area (TPSA) is 98.8 Å². The van der Waals surface area contributed by atoms with Crippen molar-refractivity contribution < 1.29 is 19.2 Å². The molecule has 0 spiro atoms. The van der Waals surface area contributed by atoms with Gasteiger partial charge < -0.3 is 10.2 Å². The molecule has 2 saturated heterocycles. The number of hydrogen-bond acceptors (Lipinski definition) is 6. The Morgan fingerprint density at radius 2 is 1.85 bits per heavy atom. The van der Waals surface area contributed by atoms with Crippen molar-refractivity contribution in [1.29, 1.82) is 0 Å². The minimum Gasteiger partial charge on any atom is -0.368 e. The maximum atomic E-state index is 12.8. The Morgan fingerprint density at radius 1 is 1.11 bits per heavy atom. The standard InChI is InChI=1S/C19H22N4O4/c1-2-7-20-11-9-22(10-11)12-3-4-13-14(8-12)19(27)23(18(13)26)15-5-6-16(24)21-17(15)25/h3-4,8,11,15,20H,2,5-7,9-10H2,1H3,(H,21,24,25). The van der Waals surface area contributed by atoms with Gasteiger partial charge in [-0.05, 0) is 37.6 Å². The van der Waals surface area contributed by atoms with E-state index in [2.05, 4.69) is 22.5 Å². The molecule has 3 heterocycles. The minimum absolute atomic E-state index is 0.120. The third kappa shape index (κ3) is 2.99. The quantitative estimate of drug-likeness (QED) is 0.722. The Kier molecular flexibility index (Phi) is 4.43. The van der Waals surface area contributed by atoms with E-state index < -0.39 is 23.8 Å². The van der Waals surface area contributed by atoms with Crippen molar-refractivity contribution >= 4 is 29.3 Å². The predicted octanol–water partition coefficient (Wildman–Crippen LogP) is 0.276. The van der Waals surface area contributed by atoms with Gasteiger partial charge in [0.25, 0.3) is 11.8 Å². The summed E-state index contributed by atoms with van der Waals surface area (Å²) in [6, 6.07) is 4.75. The summed E-state index contributed by atoms with van der Waals surface area (Å²) < 4.78 is 0. The molecule has 0 bridgehead atoms. The van der Waals surface area contributed by atoms with Crippen LogP contribution in [-0.4, -0.2) is 60.2 Å². The third-order valence-electron chi connectivity index (χ3n) is 5.35. The number of anilines is 1. The highest BCUT2D eigenvalue weighted by Crippen LogP contribution is 2.31. The zero-order chi connectivity index (χ0) is 19.1. The predicted molar refractivity (Wildman–Crippen MR) is 97.4 cm³/mol. The SMILES string of the molecule is CCCNC1CN(c2ccc3c(c2)C(=O)N(C2CCC(=O)NC2=O)C3=O)C1. The summed E-state index contributed by atoms with van der Waals surface area (Å²) in [7, 11) is 0. The van der Waals surface area contributed by atoms with E-state index in [1.165, 1.54) is 0 Å². The van der Waals surface area contributed by atoms with E-state index in [9.17, 15) is 19.2 Å². The van der Waals surface area contributed by atoms with Crippen molar-refractivity contribution in [3.8, 4) is 0 Å². The lowest BCUT2D eigenvalue weighted by Gasteiger charge is -2.41. The van der Waals surface area contributed by atoms with E-state index in [0.717, 1.165) is 36.6 Å². The summed E-state index contributed by atoms with van der Waals surface area (Å²) in [5.74, 6) is -1.90. The van der Waals surface area contributed by atoms with Crippen LogP contribution in [0.15, 0.2) is 18.2 Å². The number of nitrogens with one attached hydrogen (secondary N) is 2. The van der Waals surface area contributed by atoms with Gasteiger partial charge >= 0.3 is 0 Å². The van der Waals surface area contributed by atoms with Crippen molar-refractivity contribution in [2.75, 3.05) is 24.5 Å². The van der Waals surface area contributed by atoms with Crippen LogP contribution in [0.25, 0.3) is 0 Å². The van der Waals surface area contributed by atoms with Gasteiger partial charge in [-0.15, -0.1) is 0 Å². The molecule has 3 aliphatic heterocycles. The first-order valence-corrected chi connectivity index (χ1v) is 9.33. The van der Waals surface area contributed by atoms with Crippen LogP contribution in [0.1, 0.15) is 46.9 Å².